The lowest BCUT2D eigenvalue weighted by atomic mass is 9.93. The molecule has 0 fully saturated rings. The number of rotatable bonds is 3. The SMILES string of the molecule is CC(C)(C)c1cn(CCCN)cn1. The van der Waals surface area contributed by atoms with Crippen molar-refractivity contribution in [2.24, 2.45) is 5.73 Å². The van der Waals surface area contributed by atoms with Crippen LogP contribution in [0, 0.1) is 0 Å². The van der Waals surface area contributed by atoms with Crippen molar-refractivity contribution in [3.63, 3.8) is 0 Å². The van der Waals surface area contributed by atoms with Crippen LogP contribution in [0.4, 0.5) is 0 Å². The third kappa shape index (κ3) is 2.84. The molecular formula is C10H19N3. The van der Waals surface area contributed by atoms with Gasteiger partial charge >= 0.3 is 0 Å². The molecule has 0 amide bonds. The first-order valence-electron chi connectivity index (χ1n) is 4.76. The molecule has 2 N–H and O–H groups in total. The lowest BCUT2D eigenvalue weighted by Gasteiger charge is -2.14. The first kappa shape index (κ1) is 10.3. The highest BCUT2D eigenvalue weighted by atomic mass is 15.0. The molecule has 1 aromatic heterocycles. The number of nitrogens with zero attached hydrogens (tertiary/aromatic N) is 2. The van der Waals surface area contributed by atoms with E-state index in [4.69, 9.17) is 5.73 Å². The Balaban J connectivity index is 2.64. The minimum absolute atomic E-state index is 0.147. The number of imidazole rings is 1. The minimum atomic E-state index is 0.147. The van der Waals surface area contributed by atoms with Gasteiger partial charge in [0.1, 0.15) is 0 Å². The van der Waals surface area contributed by atoms with Gasteiger partial charge in [0, 0.05) is 18.2 Å². The molecule has 0 saturated carbocycles. The number of aromatic nitrogens is 2. The van der Waals surface area contributed by atoms with E-state index in [9.17, 15) is 0 Å². The van der Waals surface area contributed by atoms with Gasteiger partial charge in [0.2, 0.25) is 0 Å². The summed E-state index contributed by atoms with van der Waals surface area (Å²) in [7, 11) is 0. The highest BCUT2D eigenvalue weighted by Gasteiger charge is 2.16. The van der Waals surface area contributed by atoms with E-state index in [0.717, 1.165) is 25.2 Å². The lowest BCUT2D eigenvalue weighted by molar-refractivity contribution is 0.569. The van der Waals surface area contributed by atoms with Crippen LogP contribution in [0.3, 0.4) is 0 Å². The summed E-state index contributed by atoms with van der Waals surface area (Å²) < 4.78 is 2.10. The largest absolute Gasteiger partial charge is 0.337 e. The zero-order valence-corrected chi connectivity index (χ0v) is 8.75. The molecule has 1 heterocycles. The van der Waals surface area contributed by atoms with Crippen molar-refractivity contribution >= 4 is 0 Å². The Bertz CT molecular complexity index is 257. The Morgan fingerprint density at radius 3 is 2.62 bits per heavy atom. The molecule has 0 atom stereocenters. The average Bonchev–Trinajstić information content (AvgIpc) is 2.47. The Morgan fingerprint density at radius 1 is 1.46 bits per heavy atom. The minimum Gasteiger partial charge on any atom is -0.337 e. The first-order chi connectivity index (χ1) is 6.04. The van der Waals surface area contributed by atoms with Gasteiger partial charge in [0.15, 0.2) is 0 Å². The second-order valence-corrected chi connectivity index (χ2v) is 4.39. The van der Waals surface area contributed by atoms with E-state index in [0.29, 0.717) is 0 Å². The second-order valence-electron chi connectivity index (χ2n) is 4.39. The molecule has 0 aliphatic carbocycles. The van der Waals surface area contributed by atoms with Crippen LogP contribution < -0.4 is 5.73 Å². The summed E-state index contributed by atoms with van der Waals surface area (Å²) in [5.74, 6) is 0. The van der Waals surface area contributed by atoms with Crippen LogP contribution in [0.2, 0.25) is 0 Å². The zero-order valence-electron chi connectivity index (χ0n) is 8.75. The number of nitrogens with two attached hydrogens (primary N) is 1. The molecule has 3 heteroatoms. The smallest absolute Gasteiger partial charge is 0.0949 e. The van der Waals surface area contributed by atoms with Crippen LogP contribution in [-0.2, 0) is 12.0 Å². The molecule has 0 aromatic carbocycles. The maximum atomic E-state index is 5.44. The van der Waals surface area contributed by atoms with Gasteiger partial charge in [-0.05, 0) is 13.0 Å². The Morgan fingerprint density at radius 2 is 2.15 bits per heavy atom. The molecule has 0 aliphatic heterocycles. The molecular weight excluding hydrogens is 162 g/mol. The van der Waals surface area contributed by atoms with Crippen LogP contribution in [0.1, 0.15) is 32.9 Å². The van der Waals surface area contributed by atoms with Crippen LogP contribution in [0.5, 0.6) is 0 Å². The quantitative estimate of drug-likeness (QED) is 0.768. The summed E-state index contributed by atoms with van der Waals surface area (Å²) in [5, 5.41) is 0. The van der Waals surface area contributed by atoms with E-state index >= 15 is 0 Å². The maximum absolute atomic E-state index is 5.44. The summed E-state index contributed by atoms with van der Waals surface area (Å²) >= 11 is 0. The Hall–Kier alpha value is -0.830. The fourth-order valence-electron chi connectivity index (χ4n) is 1.14. The molecule has 1 aromatic rings. The molecule has 0 saturated heterocycles. The molecule has 0 spiro atoms. The van der Waals surface area contributed by atoms with E-state index in [-0.39, 0.29) is 5.41 Å². The van der Waals surface area contributed by atoms with Gasteiger partial charge in [-0.25, -0.2) is 4.98 Å². The van der Waals surface area contributed by atoms with Crippen LogP contribution in [0.25, 0.3) is 0 Å². The van der Waals surface area contributed by atoms with Gasteiger partial charge in [0.25, 0.3) is 0 Å². The van der Waals surface area contributed by atoms with Crippen molar-refractivity contribution in [1.29, 1.82) is 0 Å². The molecule has 0 radical (unpaired) electrons. The number of hydrogen-bond donors (Lipinski definition) is 1. The Kier molecular flexibility index (Phi) is 3.09. The van der Waals surface area contributed by atoms with Gasteiger partial charge in [0.05, 0.1) is 12.0 Å². The summed E-state index contributed by atoms with van der Waals surface area (Å²) in [6.45, 7) is 8.22. The molecule has 3 nitrogen and oxygen atoms in total. The Labute approximate surface area is 80.0 Å². The van der Waals surface area contributed by atoms with Gasteiger partial charge in [-0.15, -0.1) is 0 Å². The summed E-state index contributed by atoms with van der Waals surface area (Å²) in [6, 6.07) is 0. The molecule has 74 valence electrons. The normalized spacial score (nSPS) is 12.0. The predicted molar refractivity (Wildman–Crippen MR) is 54.6 cm³/mol. The van der Waals surface area contributed by atoms with Crippen molar-refractivity contribution in [3.8, 4) is 0 Å². The van der Waals surface area contributed by atoms with Crippen LogP contribution in [-0.4, -0.2) is 16.1 Å². The molecule has 0 aliphatic rings. The molecule has 0 bridgehead atoms. The van der Waals surface area contributed by atoms with Gasteiger partial charge in [-0.2, -0.15) is 0 Å². The summed E-state index contributed by atoms with van der Waals surface area (Å²) in [5.41, 5.74) is 6.73. The zero-order chi connectivity index (χ0) is 9.90. The maximum Gasteiger partial charge on any atom is 0.0949 e. The predicted octanol–water partition coefficient (Wildman–Crippen LogP) is 1.53. The standard InChI is InChI=1S/C10H19N3/c1-10(2,3)9-7-13(8-12-9)6-4-5-11/h7-8H,4-6,11H2,1-3H3. The highest BCUT2D eigenvalue weighted by molar-refractivity contribution is 5.08. The lowest BCUT2D eigenvalue weighted by Crippen LogP contribution is -2.11. The fraction of sp³-hybridized carbons (Fsp3) is 0.700. The number of aryl methyl sites for hydroxylation is 1. The number of hydrogen-bond acceptors (Lipinski definition) is 2. The van der Waals surface area contributed by atoms with E-state index < -0.39 is 0 Å². The monoisotopic (exact) mass is 181 g/mol. The van der Waals surface area contributed by atoms with Gasteiger partial charge < -0.3 is 10.3 Å². The molecule has 13 heavy (non-hydrogen) atoms. The molecule has 1 rings (SSSR count). The average molecular weight is 181 g/mol. The third-order valence-corrected chi connectivity index (χ3v) is 2.02. The highest BCUT2D eigenvalue weighted by Crippen LogP contribution is 2.19. The van der Waals surface area contributed by atoms with Crippen molar-refractivity contribution < 1.29 is 0 Å². The van der Waals surface area contributed by atoms with Crippen LogP contribution in [0.15, 0.2) is 12.5 Å². The van der Waals surface area contributed by atoms with Gasteiger partial charge in [-0.3, -0.25) is 0 Å². The van der Waals surface area contributed by atoms with E-state index in [1.807, 2.05) is 6.33 Å². The summed E-state index contributed by atoms with van der Waals surface area (Å²) in [6.07, 6.45) is 5.01. The van der Waals surface area contributed by atoms with Crippen molar-refractivity contribution in [3.05, 3.63) is 18.2 Å². The van der Waals surface area contributed by atoms with Gasteiger partial charge in [-0.1, -0.05) is 20.8 Å². The van der Waals surface area contributed by atoms with E-state index in [1.54, 1.807) is 0 Å². The van der Waals surface area contributed by atoms with Crippen molar-refractivity contribution in [1.82, 2.24) is 9.55 Å². The second kappa shape index (κ2) is 3.92. The van der Waals surface area contributed by atoms with Crippen molar-refractivity contribution in [2.75, 3.05) is 6.54 Å². The van der Waals surface area contributed by atoms with E-state index in [1.165, 1.54) is 0 Å². The first-order valence-corrected chi connectivity index (χ1v) is 4.76. The topological polar surface area (TPSA) is 43.8 Å². The third-order valence-electron chi connectivity index (χ3n) is 2.02. The summed E-state index contributed by atoms with van der Waals surface area (Å²) in [4.78, 5) is 4.36. The van der Waals surface area contributed by atoms with E-state index in [2.05, 4.69) is 36.5 Å². The van der Waals surface area contributed by atoms with Crippen molar-refractivity contribution in [2.45, 2.75) is 39.2 Å². The fourth-order valence-corrected chi connectivity index (χ4v) is 1.14. The van der Waals surface area contributed by atoms with Crippen LogP contribution >= 0.6 is 0 Å². The molecule has 0 unspecified atom stereocenters.